The molecule has 1 rings (SSSR count). The first-order valence-corrected chi connectivity index (χ1v) is 8.38. The van der Waals surface area contributed by atoms with Crippen LogP contribution in [-0.4, -0.2) is 37.3 Å². The van der Waals surface area contributed by atoms with Crippen LogP contribution in [0.1, 0.15) is 39.3 Å². The monoisotopic (exact) mass is 287 g/mol. The Labute approximate surface area is 116 Å². The van der Waals surface area contributed by atoms with Crippen molar-refractivity contribution in [1.29, 1.82) is 0 Å². The molecule has 19 heavy (non-hydrogen) atoms. The van der Waals surface area contributed by atoms with Crippen molar-refractivity contribution in [1.82, 2.24) is 14.6 Å². The van der Waals surface area contributed by atoms with E-state index in [9.17, 15) is 8.42 Å². The minimum atomic E-state index is -3.35. The van der Waals surface area contributed by atoms with Gasteiger partial charge in [-0.25, -0.2) is 8.42 Å². The van der Waals surface area contributed by atoms with Crippen LogP contribution in [0.3, 0.4) is 0 Å². The molecule has 0 unspecified atom stereocenters. The minimum Gasteiger partial charge on any atom is -0.363 e. The van der Waals surface area contributed by atoms with Gasteiger partial charge < -0.3 is 10.3 Å². The lowest BCUT2D eigenvalue weighted by atomic mass is 10.4. The fourth-order valence-electron chi connectivity index (χ4n) is 1.92. The highest BCUT2D eigenvalue weighted by molar-refractivity contribution is 7.89. The summed E-state index contributed by atoms with van der Waals surface area (Å²) >= 11 is 0. The standard InChI is InChI=1S/C13H25N3O2S/c1-4-7-14-10-12-9-13(11-15-12)19(17,18)16(6-3)8-5-2/h9,11,14-15H,4-8,10H2,1-3H3. The molecule has 1 aromatic rings. The second-order valence-corrected chi connectivity index (χ2v) is 6.47. The Morgan fingerprint density at radius 2 is 2.00 bits per heavy atom. The molecule has 0 aliphatic rings. The van der Waals surface area contributed by atoms with Gasteiger partial charge in [0.2, 0.25) is 10.0 Å². The van der Waals surface area contributed by atoms with E-state index in [4.69, 9.17) is 0 Å². The lowest BCUT2D eigenvalue weighted by molar-refractivity contribution is 0.427. The first kappa shape index (κ1) is 16.2. The molecule has 0 bridgehead atoms. The van der Waals surface area contributed by atoms with E-state index in [2.05, 4.69) is 17.2 Å². The second-order valence-electron chi connectivity index (χ2n) is 4.53. The lowest BCUT2D eigenvalue weighted by Crippen LogP contribution is -2.31. The van der Waals surface area contributed by atoms with Crippen LogP contribution in [0.5, 0.6) is 0 Å². The van der Waals surface area contributed by atoms with E-state index in [0.717, 1.165) is 25.1 Å². The van der Waals surface area contributed by atoms with Gasteiger partial charge in [-0.2, -0.15) is 4.31 Å². The highest BCUT2D eigenvalue weighted by atomic mass is 32.2. The zero-order chi connectivity index (χ0) is 14.3. The molecular formula is C13H25N3O2S. The summed E-state index contributed by atoms with van der Waals surface area (Å²) in [6, 6.07) is 1.72. The Morgan fingerprint density at radius 3 is 2.58 bits per heavy atom. The van der Waals surface area contributed by atoms with E-state index in [1.807, 2.05) is 13.8 Å². The van der Waals surface area contributed by atoms with Crippen molar-refractivity contribution in [3.05, 3.63) is 18.0 Å². The van der Waals surface area contributed by atoms with Gasteiger partial charge in [-0.15, -0.1) is 0 Å². The molecule has 0 aromatic carbocycles. The SMILES string of the molecule is CCCNCc1cc(S(=O)(=O)N(CC)CCC)c[nH]1. The predicted molar refractivity (Wildman–Crippen MR) is 77.5 cm³/mol. The zero-order valence-corrected chi connectivity index (χ0v) is 12.9. The molecule has 0 spiro atoms. The summed E-state index contributed by atoms with van der Waals surface area (Å²) in [5, 5.41) is 3.24. The summed E-state index contributed by atoms with van der Waals surface area (Å²) in [4.78, 5) is 3.38. The van der Waals surface area contributed by atoms with E-state index >= 15 is 0 Å². The fourth-order valence-corrected chi connectivity index (χ4v) is 3.48. The highest BCUT2D eigenvalue weighted by Crippen LogP contribution is 2.17. The van der Waals surface area contributed by atoms with E-state index in [-0.39, 0.29) is 0 Å². The van der Waals surface area contributed by atoms with Gasteiger partial charge >= 0.3 is 0 Å². The number of aromatic nitrogens is 1. The summed E-state index contributed by atoms with van der Waals surface area (Å²) in [6.07, 6.45) is 3.46. The van der Waals surface area contributed by atoms with Gasteiger partial charge in [0.25, 0.3) is 0 Å². The molecular weight excluding hydrogens is 262 g/mol. The van der Waals surface area contributed by atoms with Crippen LogP contribution in [0.4, 0.5) is 0 Å². The predicted octanol–water partition coefficient (Wildman–Crippen LogP) is 1.93. The maximum absolute atomic E-state index is 12.4. The third-order valence-corrected chi connectivity index (χ3v) is 4.87. The highest BCUT2D eigenvalue weighted by Gasteiger charge is 2.23. The van der Waals surface area contributed by atoms with Crippen LogP contribution in [0.25, 0.3) is 0 Å². The number of hydrogen-bond donors (Lipinski definition) is 2. The van der Waals surface area contributed by atoms with E-state index in [1.165, 1.54) is 4.31 Å². The molecule has 0 fully saturated rings. The van der Waals surface area contributed by atoms with Gasteiger partial charge in [-0.3, -0.25) is 0 Å². The van der Waals surface area contributed by atoms with Crippen LogP contribution < -0.4 is 5.32 Å². The Kier molecular flexibility index (Phi) is 6.54. The molecule has 0 amide bonds. The molecule has 0 saturated heterocycles. The maximum Gasteiger partial charge on any atom is 0.244 e. The quantitative estimate of drug-likeness (QED) is 0.682. The summed E-state index contributed by atoms with van der Waals surface area (Å²) in [7, 11) is -3.35. The third kappa shape index (κ3) is 4.33. The number of rotatable bonds is 9. The van der Waals surface area contributed by atoms with E-state index in [1.54, 1.807) is 12.3 Å². The Balaban J connectivity index is 2.78. The van der Waals surface area contributed by atoms with Crippen molar-refractivity contribution in [3.8, 4) is 0 Å². The number of sulfonamides is 1. The number of hydrogen-bond acceptors (Lipinski definition) is 3. The molecule has 0 aliphatic heterocycles. The van der Waals surface area contributed by atoms with Gasteiger partial charge in [0.1, 0.15) is 0 Å². The van der Waals surface area contributed by atoms with Gasteiger partial charge in [-0.1, -0.05) is 20.8 Å². The van der Waals surface area contributed by atoms with Crippen molar-refractivity contribution in [2.24, 2.45) is 0 Å². The van der Waals surface area contributed by atoms with Crippen molar-refractivity contribution in [2.45, 2.75) is 45.1 Å². The average Bonchev–Trinajstić information content (AvgIpc) is 2.85. The number of nitrogens with one attached hydrogen (secondary N) is 2. The first-order chi connectivity index (χ1) is 9.06. The van der Waals surface area contributed by atoms with Crippen LogP contribution in [0.15, 0.2) is 17.2 Å². The summed E-state index contributed by atoms with van der Waals surface area (Å²) in [6.45, 7) is 8.61. The van der Waals surface area contributed by atoms with Crippen LogP contribution in [-0.2, 0) is 16.6 Å². The molecule has 6 heteroatoms. The molecule has 2 N–H and O–H groups in total. The second kappa shape index (κ2) is 7.67. The number of aromatic amines is 1. The van der Waals surface area contributed by atoms with Crippen molar-refractivity contribution in [2.75, 3.05) is 19.6 Å². The molecule has 0 radical (unpaired) electrons. The number of H-pyrrole nitrogens is 1. The van der Waals surface area contributed by atoms with Gasteiger partial charge in [0.15, 0.2) is 0 Å². The topological polar surface area (TPSA) is 65.2 Å². The summed E-state index contributed by atoms with van der Waals surface area (Å²) < 4.78 is 26.3. The van der Waals surface area contributed by atoms with Gasteiger partial charge in [-0.05, 0) is 25.5 Å². The Morgan fingerprint density at radius 1 is 1.26 bits per heavy atom. The molecule has 0 atom stereocenters. The largest absolute Gasteiger partial charge is 0.363 e. The van der Waals surface area contributed by atoms with Gasteiger partial charge in [0, 0.05) is 31.5 Å². The maximum atomic E-state index is 12.4. The van der Waals surface area contributed by atoms with Crippen LogP contribution in [0, 0.1) is 0 Å². The molecule has 110 valence electrons. The average molecular weight is 287 g/mol. The smallest absolute Gasteiger partial charge is 0.244 e. The molecule has 1 heterocycles. The normalized spacial score (nSPS) is 12.2. The molecule has 5 nitrogen and oxygen atoms in total. The molecule has 1 aromatic heterocycles. The summed E-state index contributed by atoms with van der Waals surface area (Å²) in [5.74, 6) is 0. The third-order valence-electron chi connectivity index (χ3n) is 2.92. The van der Waals surface area contributed by atoms with Crippen molar-refractivity contribution in [3.63, 3.8) is 0 Å². The Bertz CT molecular complexity index is 468. The van der Waals surface area contributed by atoms with Gasteiger partial charge in [0.05, 0.1) is 4.90 Å². The summed E-state index contributed by atoms with van der Waals surface area (Å²) in [5.41, 5.74) is 0.902. The van der Waals surface area contributed by atoms with Crippen molar-refractivity contribution < 1.29 is 8.42 Å². The van der Waals surface area contributed by atoms with Crippen LogP contribution >= 0.6 is 0 Å². The minimum absolute atomic E-state index is 0.357. The Hall–Kier alpha value is -0.850. The number of nitrogens with zero attached hydrogens (tertiary/aromatic N) is 1. The van der Waals surface area contributed by atoms with Crippen molar-refractivity contribution >= 4 is 10.0 Å². The molecule has 0 aliphatic carbocycles. The first-order valence-electron chi connectivity index (χ1n) is 6.94. The van der Waals surface area contributed by atoms with E-state index in [0.29, 0.717) is 24.5 Å². The van der Waals surface area contributed by atoms with E-state index < -0.39 is 10.0 Å². The fraction of sp³-hybridized carbons (Fsp3) is 0.692. The zero-order valence-electron chi connectivity index (χ0n) is 12.1. The molecule has 0 saturated carbocycles. The lowest BCUT2D eigenvalue weighted by Gasteiger charge is -2.18. The van der Waals surface area contributed by atoms with Crippen LogP contribution in [0.2, 0.25) is 0 Å².